The number of carbonyl (C=O) groups is 1. The summed E-state index contributed by atoms with van der Waals surface area (Å²) in [6.07, 6.45) is 3.64. The van der Waals surface area contributed by atoms with E-state index in [0.717, 1.165) is 43.1 Å². The number of aromatic nitrogens is 2. The lowest BCUT2D eigenvalue weighted by atomic mass is 9.94. The second-order valence-corrected chi connectivity index (χ2v) is 6.18. The Morgan fingerprint density at radius 1 is 1.46 bits per heavy atom. The van der Waals surface area contributed by atoms with Gasteiger partial charge in [0.15, 0.2) is 0 Å². The lowest BCUT2D eigenvalue weighted by Gasteiger charge is -2.32. The van der Waals surface area contributed by atoms with Crippen LogP contribution in [-0.4, -0.2) is 47.9 Å². The van der Waals surface area contributed by atoms with Crippen molar-refractivity contribution in [3.05, 3.63) is 41.6 Å². The number of hydrogen-bond donors (Lipinski definition) is 2. The third-order valence-corrected chi connectivity index (χ3v) is 4.48. The molecule has 3 rings (SSSR count). The third kappa shape index (κ3) is 3.79. The Kier molecular flexibility index (Phi) is 5.20. The summed E-state index contributed by atoms with van der Waals surface area (Å²) in [7, 11) is 1.62. The maximum absolute atomic E-state index is 12.6. The van der Waals surface area contributed by atoms with Crippen molar-refractivity contribution in [3.63, 3.8) is 0 Å². The molecule has 2 amide bonds. The van der Waals surface area contributed by atoms with E-state index in [2.05, 4.69) is 15.5 Å². The number of piperidine rings is 1. The molecule has 0 spiro atoms. The van der Waals surface area contributed by atoms with Crippen LogP contribution < -0.4 is 5.32 Å². The number of nitrogens with zero attached hydrogens (tertiary/aromatic N) is 2. The van der Waals surface area contributed by atoms with Crippen molar-refractivity contribution in [2.75, 3.05) is 26.8 Å². The molecule has 0 aliphatic carbocycles. The Labute approximate surface area is 141 Å². The molecule has 0 saturated carbocycles. The van der Waals surface area contributed by atoms with Gasteiger partial charge in [-0.3, -0.25) is 5.10 Å². The van der Waals surface area contributed by atoms with Gasteiger partial charge in [-0.1, -0.05) is 0 Å². The van der Waals surface area contributed by atoms with Gasteiger partial charge in [0.2, 0.25) is 0 Å². The predicted octanol–water partition coefficient (Wildman–Crippen LogP) is 2.59. The average Bonchev–Trinajstić information content (AvgIpc) is 3.26. The number of rotatable bonds is 5. The fourth-order valence-electron chi connectivity index (χ4n) is 3.13. The highest BCUT2D eigenvalue weighted by Crippen LogP contribution is 2.26. The molecule has 1 atom stereocenters. The van der Waals surface area contributed by atoms with Crippen LogP contribution in [-0.2, 0) is 4.74 Å². The van der Waals surface area contributed by atoms with Crippen LogP contribution in [0.1, 0.15) is 42.0 Å². The summed E-state index contributed by atoms with van der Waals surface area (Å²) in [5.74, 6) is 1.98. The predicted molar refractivity (Wildman–Crippen MR) is 88.7 cm³/mol. The zero-order valence-electron chi connectivity index (χ0n) is 14.1. The van der Waals surface area contributed by atoms with Gasteiger partial charge in [0.05, 0.1) is 6.61 Å². The van der Waals surface area contributed by atoms with E-state index < -0.39 is 0 Å². The molecule has 2 aromatic rings. The van der Waals surface area contributed by atoms with Crippen molar-refractivity contribution in [3.8, 4) is 0 Å². The molecule has 0 aromatic carbocycles. The van der Waals surface area contributed by atoms with Crippen LogP contribution in [0, 0.1) is 6.92 Å². The second kappa shape index (κ2) is 7.53. The molecule has 2 aromatic heterocycles. The number of nitrogens with one attached hydrogen (secondary N) is 2. The number of methoxy groups -OCH3 is 1. The smallest absolute Gasteiger partial charge is 0.318 e. The monoisotopic (exact) mass is 332 g/mol. The highest BCUT2D eigenvalue weighted by molar-refractivity contribution is 5.74. The largest absolute Gasteiger partial charge is 0.464 e. The summed E-state index contributed by atoms with van der Waals surface area (Å²) in [5.41, 5.74) is 1.15. The van der Waals surface area contributed by atoms with E-state index in [1.54, 1.807) is 13.3 Å². The molecule has 0 bridgehead atoms. The summed E-state index contributed by atoms with van der Waals surface area (Å²) in [5, 5.41) is 10.0. The molecule has 7 heteroatoms. The molecule has 24 heavy (non-hydrogen) atoms. The van der Waals surface area contributed by atoms with Crippen molar-refractivity contribution < 1.29 is 13.9 Å². The van der Waals surface area contributed by atoms with Gasteiger partial charge in [0.1, 0.15) is 17.6 Å². The number of ether oxygens (including phenoxy) is 1. The quantitative estimate of drug-likeness (QED) is 0.881. The number of likely N-dealkylation sites (tertiary alicyclic amines) is 1. The van der Waals surface area contributed by atoms with Crippen molar-refractivity contribution in [2.24, 2.45) is 0 Å². The van der Waals surface area contributed by atoms with Gasteiger partial charge in [-0.15, -0.1) is 0 Å². The summed E-state index contributed by atoms with van der Waals surface area (Å²) >= 11 is 0. The maximum Gasteiger partial charge on any atom is 0.318 e. The molecule has 1 unspecified atom stereocenters. The van der Waals surface area contributed by atoms with Gasteiger partial charge in [-0.25, -0.2) is 4.79 Å². The molecular formula is C17H24N4O3. The van der Waals surface area contributed by atoms with E-state index in [4.69, 9.17) is 9.15 Å². The van der Waals surface area contributed by atoms with Gasteiger partial charge >= 0.3 is 6.03 Å². The van der Waals surface area contributed by atoms with Gasteiger partial charge in [-0.05, 0) is 38.0 Å². The number of hydrogen-bond acceptors (Lipinski definition) is 4. The number of furan rings is 1. The first-order valence-corrected chi connectivity index (χ1v) is 8.27. The molecule has 1 aliphatic rings. The van der Waals surface area contributed by atoms with E-state index in [1.807, 2.05) is 30.0 Å². The molecule has 1 saturated heterocycles. The molecular weight excluding hydrogens is 308 g/mol. The normalized spacial score (nSPS) is 17.0. The van der Waals surface area contributed by atoms with Gasteiger partial charge in [-0.2, -0.15) is 5.10 Å². The van der Waals surface area contributed by atoms with E-state index in [0.29, 0.717) is 12.5 Å². The van der Waals surface area contributed by atoms with E-state index in [9.17, 15) is 4.79 Å². The van der Waals surface area contributed by atoms with Crippen molar-refractivity contribution >= 4 is 6.03 Å². The fourth-order valence-corrected chi connectivity index (χ4v) is 3.13. The third-order valence-electron chi connectivity index (χ3n) is 4.48. The maximum atomic E-state index is 12.6. The van der Waals surface area contributed by atoms with E-state index in [1.165, 1.54) is 0 Å². The second-order valence-electron chi connectivity index (χ2n) is 6.18. The molecule has 1 fully saturated rings. The highest BCUT2D eigenvalue weighted by Gasteiger charge is 2.27. The molecule has 130 valence electrons. The molecule has 0 radical (unpaired) electrons. The van der Waals surface area contributed by atoms with Crippen molar-refractivity contribution in [1.82, 2.24) is 20.4 Å². The van der Waals surface area contributed by atoms with Crippen molar-refractivity contribution in [1.29, 1.82) is 0 Å². The van der Waals surface area contributed by atoms with E-state index in [-0.39, 0.29) is 12.1 Å². The minimum absolute atomic E-state index is 0.0748. The number of urea groups is 1. The van der Waals surface area contributed by atoms with E-state index >= 15 is 0 Å². The summed E-state index contributed by atoms with van der Waals surface area (Å²) < 4.78 is 10.8. The Morgan fingerprint density at radius 2 is 2.25 bits per heavy atom. The van der Waals surface area contributed by atoms with Gasteiger partial charge in [0, 0.05) is 38.0 Å². The van der Waals surface area contributed by atoms with Crippen LogP contribution in [0.3, 0.4) is 0 Å². The standard InChI is InChI=1S/C17H24N4O3/c1-12-3-4-16(24-12)15(11-23-2)19-17(22)21-9-6-13(7-10-21)14-5-8-18-20-14/h3-5,8,13,15H,6-7,9-11H2,1-2H3,(H,18,20)(H,19,22). The van der Waals surface area contributed by atoms with Crippen LogP contribution in [0.15, 0.2) is 28.8 Å². The number of carbonyl (C=O) groups excluding carboxylic acids is 1. The zero-order valence-corrected chi connectivity index (χ0v) is 14.1. The number of aromatic amines is 1. The summed E-state index contributed by atoms with van der Waals surface area (Å²) in [6, 6.07) is 5.42. The molecule has 2 N–H and O–H groups in total. The topological polar surface area (TPSA) is 83.4 Å². The lowest BCUT2D eigenvalue weighted by Crippen LogP contribution is -2.46. The minimum Gasteiger partial charge on any atom is -0.464 e. The number of H-pyrrole nitrogens is 1. The van der Waals surface area contributed by atoms with Crippen LogP contribution in [0.2, 0.25) is 0 Å². The van der Waals surface area contributed by atoms with Crippen LogP contribution in [0.4, 0.5) is 4.79 Å². The van der Waals surface area contributed by atoms with Crippen molar-refractivity contribution in [2.45, 2.75) is 31.7 Å². The molecule has 1 aliphatic heterocycles. The Balaban J connectivity index is 1.56. The number of amides is 2. The first-order chi connectivity index (χ1) is 11.7. The van der Waals surface area contributed by atoms with Gasteiger partial charge in [0.25, 0.3) is 0 Å². The first-order valence-electron chi connectivity index (χ1n) is 8.27. The van der Waals surface area contributed by atoms with Crippen LogP contribution in [0.25, 0.3) is 0 Å². The SMILES string of the molecule is COCC(NC(=O)N1CCC(c2ccn[nH]2)CC1)c1ccc(C)o1. The molecule has 7 nitrogen and oxygen atoms in total. The lowest BCUT2D eigenvalue weighted by molar-refractivity contribution is 0.141. The summed E-state index contributed by atoms with van der Waals surface area (Å²) in [6.45, 7) is 3.72. The summed E-state index contributed by atoms with van der Waals surface area (Å²) in [4.78, 5) is 14.4. The minimum atomic E-state index is -0.276. The van der Waals surface area contributed by atoms with Gasteiger partial charge < -0.3 is 19.4 Å². The Morgan fingerprint density at radius 3 is 2.83 bits per heavy atom. The first kappa shape index (κ1) is 16.6. The highest BCUT2D eigenvalue weighted by atomic mass is 16.5. The fraction of sp³-hybridized carbons (Fsp3) is 0.529. The molecule has 3 heterocycles. The average molecular weight is 332 g/mol. The zero-order chi connectivity index (χ0) is 16.9. The van der Waals surface area contributed by atoms with Crippen LogP contribution in [0.5, 0.6) is 0 Å². The van der Waals surface area contributed by atoms with Crippen LogP contribution >= 0.6 is 0 Å². The Hall–Kier alpha value is -2.28. The Bertz CT molecular complexity index is 645. The number of aryl methyl sites for hydroxylation is 1.